The summed E-state index contributed by atoms with van der Waals surface area (Å²) in [6.45, 7) is 6.59. The zero-order chi connectivity index (χ0) is 14.0. The normalized spacial score (nSPS) is 25.2. The number of halogens is 1. The first-order valence-electron chi connectivity index (χ1n) is 7.27. The molecule has 2 rings (SSSR count). The molecular formula is C14H25BrN4. The lowest BCUT2D eigenvalue weighted by molar-refractivity contribution is 0.330. The van der Waals surface area contributed by atoms with E-state index in [1.807, 2.05) is 6.20 Å². The molecule has 0 radical (unpaired) electrons. The van der Waals surface area contributed by atoms with Crippen LogP contribution in [0, 0.1) is 11.8 Å². The third-order valence-electron chi connectivity index (χ3n) is 4.38. The maximum absolute atomic E-state index is 5.86. The van der Waals surface area contributed by atoms with Gasteiger partial charge in [0.15, 0.2) is 0 Å². The monoisotopic (exact) mass is 328 g/mol. The fraction of sp³-hybridized carbons (Fsp3) is 0.786. The molecule has 1 fully saturated rings. The van der Waals surface area contributed by atoms with Gasteiger partial charge in [0.25, 0.3) is 0 Å². The first kappa shape index (κ1) is 15.0. The average molecular weight is 329 g/mol. The lowest BCUT2D eigenvalue weighted by Gasteiger charge is -2.25. The number of nitrogens with one attached hydrogen (secondary N) is 1. The molecular weight excluding hydrogens is 304 g/mol. The Hall–Kier alpha value is -0.390. The Morgan fingerprint density at radius 1 is 1.53 bits per heavy atom. The van der Waals surface area contributed by atoms with Gasteiger partial charge in [0.05, 0.1) is 22.4 Å². The van der Waals surface area contributed by atoms with E-state index in [-0.39, 0.29) is 6.04 Å². The summed E-state index contributed by atoms with van der Waals surface area (Å²) < 4.78 is 3.14. The van der Waals surface area contributed by atoms with E-state index < -0.39 is 0 Å². The summed E-state index contributed by atoms with van der Waals surface area (Å²) in [5, 5.41) is 4.47. The minimum atomic E-state index is 0.191. The van der Waals surface area contributed by atoms with E-state index in [1.54, 1.807) is 0 Å². The van der Waals surface area contributed by atoms with Crippen molar-refractivity contribution in [3.05, 3.63) is 16.4 Å². The van der Waals surface area contributed by atoms with Crippen LogP contribution in [0.25, 0.3) is 0 Å². The van der Waals surface area contributed by atoms with E-state index in [1.165, 1.54) is 31.4 Å². The van der Waals surface area contributed by atoms with E-state index >= 15 is 0 Å². The summed E-state index contributed by atoms with van der Waals surface area (Å²) in [5.41, 5.74) is 4.23. The zero-order valence-electron chi connectivity index (χ0n) is 12.1. The highest BCUT2D eigenvalue weighted by Gasteiger charge is 2.33. The Morgan fingerprint density at radius 3 is 2.79 bits per heavy atom. The second kappa shape index (κ2) is 6.37. The third kappa shape index (κ3) is 3.03. The van der Waals surface area contributed by atoms with Gasteiger partial charge in [0.2, 0.25) is 0 Å². The van der Waals surface area contributed by atoms with Crippen molar-refractivity contribution >= 4 is 15.9 Å². The van der Waals surface area contributed by atoms with Gasteiger partial charge >= 0.3 is 0 Å². The summed E-state index contributed by atoms with van der Waals surface area (Å²) in [6.07, 6.45) is 7.00. The van der Waals surface area contributed by atoms with Crippen molar-refractivity contribution in [1.29, 1.82) is 0 Å². The molecule has 1 saturated carbocycles. The largest absolute Gasteiger partial charge is 0.271 e. The quantitative estimate of drug-likeness (QED) is 0.641. The van der Waals surface area contributed by atoms with Crippen molar-refractivity contribution in [2.24, 2.45) is 17.7 Å². The van der Waals surface area contributed by atoms with Crippen LogP contribution in [0.2, 0.25) is 0 Å². The topological polar surface area (TPSA) is 55.9 Å². The molecule has 0 aliphatic heterocycles. The van der Waals surface area contributed by atoms with E-state index in [4.69, 9.17) is 5.84 Å². The summed E-state index contributed by atoms with van der Waals surface area (Å²) >= 11 is 3.63. The van der Waals surface area contributed by atoms with E-state index in [2.05, 4.69) is 51.9 Å². The average Bonchev–Trinajstić information content (AvgIpc) is 2.99. The number of nitrogens with two attached hydrogens (primary N) is 1. The molecule has 0 amide bonds. The molecule has 108 valence electrons. The number of rotatable bonds is 5. The summed E-state index contributed by atoms with van der Waals surface area (Å²) in [7, 11) is 0. The molecule has 4 nitrogen and oxygen atoms in total. The second-order valence-corrected chi connectivity index (χ2v) is 6.76. The van der Waals surface area contributed by atoms with Gasteiger partial charge in [-0.1, -0.05) is 19.8 Å². The van der Waals surface area contributed by atoms with Crippen LogP contribution in [-0.4, -0.2) is 9.78 Å². The van der Waals surface area contributed by atoms with Crippen molar-refractivity contribution < 1.29 is 0 Å². The second-order valence-electron chi connectivity index (χ2n) is 5.91. The molecule has 3 N–H and O–H groups in total. The SMILES string of the molecule is CCC1CCC(C(NN)c2c(Br)cnn2C(C)C)C1. The van der Waals surface area contributed by atoms with Crippen LogP contribution in [-0.2, 0) is 0 Å². The van der Waals surface area contributed by atoms with Crippen LogP contribution in [0.3, 0.4) is 0 Å². The first-order chi connectivity index (χ1) is 9.08. The highest BCUT2D eigenvalue weighted by atomic mass is 79.9. The van der Waals surface area contributed by atoms with Crippen LogP contribution in [0.15, 0.2) is 10.7 Å². The van der Waals surface area contributed by atoms with Crippen LogP contribution < -0.4 is 11.3 Å². The maximum atomic E-state index is 5.86. The molecule has 0 bridgehead atoms. The zero-order valence-corrected chi connectivity index (χ0v) is 13.7. The lowest BCUT2D eigenvalue weighted by Crippen LogP contribution is -2.35. The van der Waals surface area contributed by atoms with E-state index in [0.717, 1.165) is 10.4 Å². The number of hydrazine groups is 1. The van der Waals surface area contributed by atoms with Crippen molar-refractivity contribution in [3.8, 4) is 0 Å². The fourth-order valence-electron chi connectivity index (χ4n) is 3.28. The van der Waals surface area contributed by atoms with E-state index in [0.29, 0.717) is 12.0 Å². The summed E-state index contributed by atoms with van der Waals surface area (Å²) in [6, 6.07) is 0.538. The van der Waals surface area contributed by atoms with Gasteiger partial charge in [-0.25, -0.2) is 0 Å². The Bertz CT molecular complexity index is 416. The summed E-state index contributed by atoms with van der Waals surface area (Å²) in [4.78, 5) is 0. The number of hydrogen-bond acceptors (Lipinski definition) is 3. The van der Waals surface area contributed by atoms with Crippen molar-refractivity contribution in [3.63, 3.8) is 0 Å². The number of aromatic nitrogens is 2. The Balaban J connectivity index is 2.25. The Morgan fingerprint density at radius 2 is 2.26 bits per heavy atom. The number of nitrogens with zero attached hydrogens (tertiary/aromatic N) is 2. The van der Waals surface area contributed by atoms with Crippen LogP contribution >= 0.6 is 15.9 Å². The highest BCUT2D eigenvalue weighted by Crippen LogP contribution is 2.42. The van der Waals surface area contributed by atoms with Gasteiger partial charge in [-0.15, -0.1) is 0 Å². The van der Waals surface area contributed by atoms with Gasteiger partial charge in [-0.3, -0.25) is 16.0 Å². The maximum Gasteiger partial charge on any atom is 0.0715 e. The summed E-state index contributed by atoms with van der Waals surface area (Å²) in [5.74, 6) is 7.32. The van der Waals surface area contributed by atoms with E-state index in [9.17, 15) is 0 Å². The lowest BCUT2D eigenvalue weighted by atomic mass is 9.93. The van der Waals surface area contributed by atoms with Crippen molar-refractivity contribution in [1.82, 2.24) is 15.2 Å². The Labute approximate surface area is 124 Å². The molecule has 0 spiro atoms. The number of hydrogen-bond donors (Lipinski definition) is 2. The minimum Gasteiger partial charge on any atom is -0.271 e. The fourth-order valence-corrected chi connectivity index (χ4v) is 3.80. The van der Waals surface area contributed by atoms with Gasteiger partial charge in [-0.05, 0) is 54.5 Å². The standard InChI is InChI=1S/C14H25BrN4/c1-4-10-5-6-11(7-10)13(18-16)14-12(15)8-17-19(14)9(2)3/h8-11,13,18H,4-7,16H2,1-3H3. The highest BCUT2D eigenvalue weighted by molar-refractivity contribution is 9.10. The molecule has 1 heterocycles. The molecule has 19 heavy (non-hydrogen) atoms. The molecule has 5 heteroatoms. The molecule has 0 saturated heterocycles. The van der Waals surface area contributed by atoms with Gasteiger partial charge in [-0.2, -0.15) is 5.10 Å². The van der Waals surface area contributed by atoms with Crippen molar-refractivity contribution in [2.45, 2.75) is 58.5 Å². The predicted molar refractivity (Wildman–Crippen MR) is 81.5 cm³/mol. The molecule has 1 aliphatic carbocycles. The molecule has 1 aromatic heterocycles. The molecule has 3 atom stereocenters. The van der Waals surface area contributed by atoms with Gasteiger partial charge < -0.3 is 0 Å². The first-order valence-corrected chi connectivity index (χ1v) is 8.06. The molecule has 0 aromatic carbocycles. The van der Waals surface area contributed by atoms with Crippen LogP contribution in [0.4, 0.5) is 0 Å². The molecule has 1 aliphatic rings. The predicted octanol–water partition coefficient (Wildman–Crippen LogP) is 3.56. The molecule has 3 unspecified atom stereocenters. The van der Waals surface area contributed by atoms with Crippen molar-refractivity contribution in [2.75, 3.05) is 0 Å². The van der Waals surface area contributed by atoms with Gasteiger partial charge in [0.1, 0.15) is 0 Å². The smallest absolute Gasteiger partial charge is 0.0715 e. The molecule has 1 aromatic rings. The van der Waals surface area contributed by atoms with Crippen LogP contribution in [0.5, 0.6) is 0 Å². The van der Waals surface area contributed by atoms with Gasteiger partial charge in [0, 0.05) is 6.04 Å². The Kier molecular flexibility index (Phi) is 5.03. The van der Waals surface area contributed by atoms with Crippen LogP contribution in [0.1, 0.15) is 64.2 Å². The minimum absolute atomic E-state index is 0.191. The third-order valence-corrected chi connectivity index (χ3v) is 4.99.